The second kappa shape index (κ2) is 10.9. The van der Waals surface area contributed by atoms with Gasteiger partial charge in [-0.2, -0.15) is 4.31 Å². The van der Waals surface area contributed by atoms with Crippen molar-refractivity contribution in [1.82, 2.24) is 14.5 Å². The Bertz CT molecular complexity index is 915. The van der Waals surface area contributed by atoms with E-state index >= 15 is 0 Å². The van der Waals surface area contributed by atoms with Crippen molar-refractivity contribution in [3.8, 4) is 0 Å². The van der Waals surface area contributed by atoms with Gasteiger partial charge in [0.25, 0.3) is 0 Å². The van der Waals surface area contributed by atoms with Gasteiger partial charge in [0.2, 0.25) is 15.9 Å². The predicted octanol–water partition coefficient (Wildman–Crippen LogP) is 3.45. The van der Waals surface area contributed by atoms with Crippen molar-refractivity contribution >= 4 is 15.9 Å². The standard InChI is InChI=1S/C26H41N3O3S/c1-20-16-21(2)19-28(18-20)13-4-3-12-27-26(30)23-10-14-29(15-11-23)33(31,32)25-9-8-22-6-5-7-24(22)17-25/h8-9,17,20-21,23H,3-7,10-16,18-19H2,1-2H3,(H,27,30). The Morgan fingerprint density at radius 2 is 1.73 bits per heavy atom. The Morgan fingerprint density at radius 3 is 2.45 bits per heavy atom. The van der Waals surface area contributed by atoms with Crippen molar-refractivity contribution in [2.75, 3.05) is 39.3 Å². The summed E-state index contributed by atoms with van der Waals surface area (Å²) in [5, 5.41) is 3.10. The second-order valence-corrected chi connectivity index (χ2v) is 12.6. The van der Waals surface area contributed by atoms with E-state index < -0.39 is 10.0 Å². The van der Waals surface area contributed by atoms with Crippen LogP contribution in [0.25, 0.3) is 0 Å². The normalized spacial score (nSPS) is 25.2. The van der Waals surface area contributed by atoms with E-state index in [0.717, 1.165) is 50.5 Å². The average Bonchev–Trinajstić information content (AvgIpc) is 3.26. The lowest BCUT2D eigenvalue weighted by atomic mass is 9.92. The fourth-order valence-corrected chi connectivity index (χ4v) is 7.53. The Balaban J connectivity index is 1.17. The van der Waals surface area contributed by atoms with E-state index in [1.165, 1.54) is 30.6 Å². The topological polar surface area (TPSA) is 69.7 Å². The average molecular weight is 476 g/mol. The highest BCUT2D eigenvalue weighted by atomic mass is 32.2. The molecule has 1 N–H and O–H groups in total. The van der Waals surface area contributed by atoms with E-state index in [4.69, 9.17) is 0 Å². The highest BCUT2D eigenvalue weighted by molar-refractivity contribution is 7.89. The van der Waals surface area contributed by atoms with Crippen molar-refractivity contribution in [2.45, 2.75) is 70.1 Å². The summed E-state index contributed by atoms with van der Waals surface area (Å²) < 4.78 is 27.8. The van der Waals surface area contributed by atoms with Crippen molar-refractivity contribution in [3.63, 3.8) is 0 Å². The van der Waals surface area contributed by atoms with E-state index in [0.29, 0.717) is 37.4 Å². The summed E-state index contributed by atoms with van der Waals surface area (Å²) in [6, 6.07) is 5.59. The molecule has 0 spiro atoms. The van der Waals surface area contributed by atoms with Crippen LogP contribution in [0, 0.1) is 17.8 Å². The van der Waals surface area contributed by atoms with Crippen molar-refractivity contribution < 1.29 is 13.2 Å². The maximum atomic E-state index is 13.1. The molecule has 2 unspecified atom stereocenters. The molecule has 1 aromatic carbocycles. The molecule has 0 bridgehead atoms. The summed E-state index contributed by atoms with van der Waals surface area (Å²) in [4.78, 5) is 15.6. The molecule has 6 nitrogen and oxygen atoms in total. The summed E-state index contributed by atoms with van der Waals surface area (Å²) >= 11 is 0. The summed E-state index contributed by atoms with van der Waals surface area (Å²) in [6.07, 6.45) is 7.76. The number of piperidine rings is 2. The zero-order valence-corrected chi connectivity index (χ0v) is 21.2. The van der Waals surface area contributed by atoms with Crippen LogP contribution in [0.5, 0.6) is 0 Å². The largest absolute Gasteiger partial charge is 0.356 e. The zero-order valence-electron chi connectivity index (χ0n) is 20.4. The molecule has 2 saturated heterocycles. The first-order valence-corrected chi connectivity index (χ1v) is 14.4. The van der Waals surface area contributed by atoms with E-state index in [-0.39, 0.29) is 11.8 Å². The number of sulfonamides is 1. The molecule has 1 aromatic rings. The van der Waals surface area contributed by atoms with Crippen LogP contribution < -0.4 is 5.32 Å². The van der Waals surface area contributed by atoms with Gasteiger partial charge in [-0.05, 0) is 93.0 Å². The summed E-state index contributed by atoms with van der Waals surface area (Å²) in [5.74, 6) is 1.57. The van der Waals surface area contributed by atoms with Crippen molar-refractivity contribution in [3.05, 3.63) is 29.3 Å². The number of nitrogens with zero attached hydrogens (tertiary/aromatic N) is 2. The molecule has 2 heterocycles. The number of likely N-dealkylation sites (tertiary alicyclic amines) is 1. The number of nitrogens with one attached hydrogen (secondary N) is 1. The zero-order chi connectivity index (χ0) is 23.4. The summed E-state index contributed by atoms with van der Waals surface area (Å²) in [5.41, 5.74) is 2.46. The van der Waals surface area contributed by atoms with Crippen LogP contribution in [0.3, 0.4) is 0 Å². The van der Waals surface area contributed by atoms with Gasteiger partial charge < -0.3 is 10.2 Å². The number of carbonyl (C=O) groups is 1. The molecule has 2 atom stereocenters. The fourth-order valence-electron chi connectivity index (χ4n) is 6.01. The van der Waals surface area contributed by atoms with Gasteiger partial charge in [0.05, 0.1) is 4.90 Å². The van der Waals surface area contributed by atoms with Crippen molar-refractivity contribution in [2.24, 2.45) is 17.8 Å². The maximum Gasteiger partial charge on any atom is 0.243 e. The molecule has 0 saturated carbocycles. The third-order valence-corrected chi connectivity index (χ3v) is 9.57. The molecule has 1 aliphatic carbocycles. The van der Waals surface area contributed by atoms with Crippen LogP contribution in [0.15, 0.2) is 23.1 Å². The van der Waals surface area contributed by atoms with Gasteiger partial charge >= 0.3 is 0 Å². The number of hydrogen-bond acceptors (Lipinski definition) is 4. The first kappa shape index (κ1) is 24.7. The number of rotatable bonds is 8. The Kier molecular flexibility index (Phi) is 8.13. The predicted molar refractivity (Wildman–Crippen MR) is 132 cm³/mol. The molecule has 2 aliphatic heterocycles. The second-order valence-electron chi connectivity index (χ2n) is 10.7. The number of unbranched alkanes of at least 4 members (excludes halogenated alkanes) is 1. The minimum Gasteiger partial charge on any atom is -0.356 e. The molecule has 1 amide bonds. The SMILES string of the molecule is CC1CC(C)CN(CCCCNC(=O)C2CCN(S(=O)(=O)c3ccc4c(c3)CCC4)CC2)C1. The summed E-state index contributed by atoms with van der Waals surface area (Å²) in [7, 11) is -3.48. The summed E-state index contributed by atoms with van der Waals surface area (Å²) in [6.45, 7) is 9.74. The molecule has 4 rings (SSSR count). The monoisotopic (exact) mass is 475 g/mol. The molecular weight excluding hydrogens is 434 g/mol. The third kappa shape index (κ3) is 6.17. The first-order valence-electron chi connectivity index (χ1n) is 12.9. The van der Waals surface area contributed by atoms with Gasteiger partial charge in [0, 0.05) is 38.6 Å². The Labute approximate surface area is 200 Å². The number of fused-ring (bicyclic) bond motifs is 1. The lowest BCUT2D eigenvalue weighted by Crippen LogP contribution is -2.43. The highest BCUT2D eigenvalue weighted by Gasteiger charge is 2.32. The van der Waals surface area contributed by atoms with Crippen LogP contribution >= 0.6 is 0 Å². The smallest absolute Gasteiger partial charge is 0.243 e. The molecule has 7 heteroatoms. The Morgan fingerprint density at radius 1 is 1.03 bits per heavy atom. The number of hydrogen-bond donors (Lipinski definition) is 1. The van der Waals surface area contributed by atoms with Gasteiger partial charge in [0.15, 0.2) is 0 Å². The van der Waals surface area contributed by atoms with Crippen molar-refractivity contribution in [1.29, 1.82) is 0 Å². The van der Waals surface area contributed by atoms with Gasteiger partial charge in [-0.1, -0.05) is 19.9 Å². The number of carbonyl (C=O) groups excluding carboxylic acids is 1. The van der Waals surface area contributed by atoms with E-state index in [1.54, 1.807) is 10.4 Å². The van der Waals surface area contributed by atoms with Crippen LogP contribution in [0.2, 0.25) is 0 Å². The molecular formula is C26H41N3O3S. The van der Waals surface area contributed by atoms with Crippen LogP contribution in [-0.2, 0) is 27.7 Å². The molecule has 0 radical (unpaired) electrons. The Hall–Kier alpha value is -1.44. The van der Waals surface area contributed by atoms with Gasteiger partial charge in [0.1, 0.15) is 0 Å². The third-order valence-electron chi connectivity index (χ3n) is 7.68. The lowest BCUT2D eigenvalue weighted by molar-refractivity contribution is -0.126. The highest BCUT2D eigenvalue weighted by Crippen LogP contribution is 2.28. The minimum absolute atomic E-state index is 0.0831. The van der Waals surface area contributed by atoms with Gasteiger partial charge in [-0.3, -0.25) is 4.79 Å². The van der Waals surface area contributed by atoms with E-state index in [1.807, 2.05) is 12.1 Å². The molecule has 33 heavy (non-hydrogen) atoms. The van der Waals surface area contributed by atoms with Gasteiger partial charge in [-0.25, -0.2) is 8.42 Å². The minimum atomic E-state index is -3.48. The quantitative estimate of drug-likeness (QED) is 0.585. The first-order chi connectivity index (χ1) is 15.8. The fraction of sp³-hybridized carbons (Fsp3) is 0.731. The van der Waals surface area contributed by atoms with Gasteiger partial charge in [-0.15, -0.1) is 0 Å². The number of benzene rings is 1. The number of aryl methyl sites for hydroxylation is 2. The molecule has 184 valence electrons. The van der Waals surface area contributed by atoms with Crippen LogP contribution in [0.4, 0.5) is 0 Å². The molecule has 2 fully saturated rings. The number of amides is 1. The molecule has 0 aromatic heterocycles. The lowest BCUT2D eigenvalue weighted by Gasteiger charge is -2.35. The van der Waals surface area contributed by atoms with E-state index in [2.05, 4.69) is 24.1 Å². The maximum absolute atomic E-state index is 13.1. The molecule has 3 aliphatic rings. The van der Waals surface area contributed by atoms with E-state index in [9.17, 15) is 13.2 Å². The van der Waals surface area contributed by atoms with Crippen LogP contribution in [-0.4, -0.2) is 62.8 Å². The van der Waals surface area contributed by atoms with Crippen LogP contribution in [0.1, 0.15) is 63.5 Å².